The van der Waals surface area contributed by atoms with Crippen molar-refractivity contribution < 1.29 is 0 Å². The van der Waals surface area contributed by atoms with E-state index in [-0.39, 0.29) is 0 Å². The van der Waals surface area contributed by atoms with Crippen molar-refractivity contribution in [1.82, 2.24) is 15.0 Å². The molecule has 0 amide bonds. The Morgan fingerprint density at radius 3 is 1.75 bits per heavy atom. The molecule has 0 bridgehead atoms. The lowest BCUT2D eigenvalue weighted by Crippen LogP contribution is -1.97. The lowest BCUT2D eigenvalue weighted by Gasteiger charge is -2.14. The van der Waals surface area contributed by atoms with Crippen LogP contribution in [0.25, 0.3) is 107 Å². The van der Waals surface area contributed by atoms with Gasteiger partial charge in [0.2, 0.25) is 0 Å². The zero-order valence-electron chi connectivity index (χ0n) is 27.7. The molecule has 0 fully saturated rings. The zero-order valence-corrected chi connectivity index (χ0v) is 29.4. The Morgan fingerprint density at radius 2 is 0.981 bits per heavy atom. The second-order valence-corrected chi connectivity index (χ2v) is 15.3. The van der Waals surface area contributed by atoms with Crippen LogP contribution in [0.3, 0.4) is 0 Å². The van der Waals surface area contributed by atoms with E-state index in [0.29, 0.717) is 5.82 Å². The lowest BCUT2D eigenvalue weighted by atomic mass is 9.94. The van der Waals surface area contributed by atoms with Gasteiger partial charge in [-0.05, 0) is 42.5 Å². The highest BCUT2D eigenvalue weighted by Gasteiger charge is 2.19. The minimum Gasteiger partial charge on any atom is -0.247 e. The number of nitrogens with zero attached hydrogens (tertiary/aromatic N) is 3. The predicted octanol–water partition coefficient (Wildman–Crippen LogP) is 13.6. The van der Waals surface area contributed by atoms with Crippen molar-refractivity contribution in [3.05, 3.63) is 164 Å². The summed E-state index contributed by atoms with van der Waals surface area (Å²) in [7, 11) is 0. The number of fused-ring (bicyclic) bond motifs is 10. The van der Waals surface area contributed by atoms with Crippen LogP contribution < -0.4 is 0 Å². The lowest BCUT2D eigenvalue weighted by molar-refractivity contribution is 1.19. The van der Waals surface area contributed by atoms with Gasteiger partial charge in [0.25, 0.3) is 0 Å². The van der Waals surface area contributed by atoms with Gasteiger partial charge in [-0.1, -0.05) is 121 Å². The minimum atomic E-state index is 0.707. The molecule has 0 saturated carbocycles. The molecule has 0 aliphatic heterocycles. The smallest absolute Gasteiger partial charge is 0.160 e. The maximum Gasteiger partial charge on any atom is 0.160 e. The van der Waals surface area contributed by atoms with Crippen LogP contribution in [-0.4, -0.2) is 15.0 Å². The molecule has 52 heavy (non-hydrogen) atoms. The van der Waals surface area contributed by atoms with E-state index in [9.17, 15) is 0 Å². The van der Waals surface area contributed by atoms with Crippen LogP contribution in [-0.2, 0) is 0 Å². The quantitative estimate of drug-likeness (QED) is 0.172. The fourth-order valence-corrected chi connectivity index (χ4v) is 9.97. The van der Waals surface area contributed by atoms with E-state index in [0.717, 1.165) is 55.6 Å². The summed E-state index contributed by atoms with van der Waals surface area (Å²) in [5.74, 6) is 0.707. The molecule has 7 aromatic carbocycles. The van der Waals surface area contributed by atoms with Crippen LogP contribution in [0.4, 0.5) is 0 Å². The molecule has 242 valence electrons. The summed E-state index contributed by atoms with van der Waals surface area (Å²) in [5.41, 5.74) is 7.99. The molecular weight excluding hydrogens is 671 g/mol. The summed E-state index contributed by atoms with van der Waals surface area (Å²) in [4.78, 5) is 15.8. The Labute approximate surface area is 307 Å². The van der Waals surface area contributed by atoms with Crippen LogP contribution in [0.2, 0.25) is 0 Å². The summed E-state index contributed by atoms with van der Waals surface area (Å²) >= 11 is 3.68. The fraction of sp³-hybridized carbons (Fsp3) is 0. The monoisotopic (exact) mass is 697 g/mol. The number of hydrogen-bond acceptors (Lipinski definition) is 5. The van der Waals surface area contributed by atoms with Crippen LogP contribution in [0.5, 0.6) is 0 Å². The maximum atomic E-state index is 5.34. The van der Waals surface area contributed by atoms with Gasteiger partial charge in [-0.25, -0.2) is 15.0 Å². The Balaban J connectivity index is 1.21. The molecule has 0 spiro atoms. The molecule has 0 radical (unpaired) electrons. The second-order valence-electron chi connectivity index (χ2n) is 13.1. The molecule has 4 aromatic heterocycles. The zero-order chi connectivity index (χ0) is 34.2. The highest BCUT2D eigenvalue weighted by molar-refractivity contribution is 7.26. The third-order valence-corrected chi connectivity index (χ3v) is 12.3. The van der Waals surface area contributed by atoms with Gasteiger partial charge in [-0.3, -0.25) is 0 Å². The molecule has 11 rings (SSSR count). The summed E-state index contributed by atoms with van der Waals surface area (Å²) in [6, 6.07) is 58.1. The second kappa shape index (κ2) is 11.6. The van der Waals surface area contributed by atoms with Crippen molar-refractivity contribution in [1.29, 1.82) is 0 Å². The van der Waals surface area contributed by atoms with E-state index in [1.807, 2.05) is 40.9 Å². The van der Waals surface area contributed by atoms with E-state index in [1.54, 1.807) is 0 Å². The number of hydrogen-bond donors (Lipinski definition) is 0. The third kappa shape index (κ3) is 4.60. The SMILES string of the molecule is c1ccc(-c2nc(-c3ccc4nc(-c5ccccc5)c5ccc6sc7ccccc7c6c5c4c3)cc(-c3cccc4sc5ccccc5c34)n2)cc1. The first-order chi connectivity index (χ1) is 25.8. The van der Waals surface area contributed by atoms with Gasteiger partial charge in [0, 0.05) is 78.8 Å². The molecule has 5 heteroatoms. The van der Waals surface area contributed by atoms with Crippen LogP contribution >= 0.6 is 22.7 Å². The van der Waals surface area contributed by atoms with E-state index < -0.39 is 0 Å². The van der Waals surface area contributed by atoms with Gasteiger partial charge in [0.1, 0.15) is 0 Å². The first-order valence-corrected chi connectivity index (χ1v) is 19.0. The summed E-state index contributed by atoms with van der Waals surface area (Å²) in [6.07, 6.45) is 0. The van der Waals surface area contributed by atoms with Crippen molar-refractivity contribution in [2.75, 3.05) is 0 Å². The maximum absolute atomic E-state index is 5.34. The Morgan fingerprint density at radius 1 is 0.346 bits per heavy atom. The average molecular weight is 698 g/mol. The highest BCUT2D eigenvalue weighted by atomic mass is 32.1. The summed E-state index contributed by atoms with van der Waals surface area (Å²) in [5, 5.41) is 8.54. The van der Waals surface area contributed by atoms with Crippen molar-refractivity contribution in [3.8, 4) is 45.2 Å². The van der Waals surface area contributed by atoms with Gasteiger partial charge < -0.3 is 0 Å². The Hall–Kier alpha value is -6.27. The van der Waals surface area contributed by atoms with Crippen molar-refractivity contribution in [2.45, 2.75) is 0 Å². The first-order valence-electron chi connectivity index (χ1n) is 17.4. The van der Waals surface area contributed by atoms with Crippen molar-refractivity contribution in [2.24, 2.45) is 0 Å². The molecule has 4 heterocycles. The predicted molar refractivity (Wildman–Crippen MR) is 222 cm³/mol. The van der Waals surface area contributed by atoms with E-state index in [4.69, 9.17) is 15.0 Å². The van der Waals surface area contributed by atoms with Crippen molar-refractivity contribution >= 4 is 84.7 Å². The fourth-order valence-electron chi connectivity index (χ4n) is 7.72. The number of benzene rings is 7. The summed E-state index contributed by atoms with van der Waals surface area (Å²) < 4.78 is 5.09. The van der Waals surface area contributed by atoms with E-state index >= 15 is 0 Å². The number of aromatic nitrogens is 3. The van der Waals surface area contributed by atoms with Crippen LogP contribution in [0, 0.1) is 0 Å². The standard InChI is InChI=1S/C47H27N3S2/c1-3-12-28(13-4-1)46-34-23-25-42-45(33-17-8-10-20-40(33)52-42)44(34)35-26-30(22-24-36(35)48-46)37-27-38(50-47(49-37)29-14-5-2-6-15-29)31-18-11-21-41-43(31)32-16-7-9-19-39(32)51-41/h1-27H. The van der Waals surface area contributed by atoms with Gasteiger partial charge >= 0.3 is 0 Å². The number of thiophene rings is 2. The third-order valence-electron chi connectivity index (χ3n) is 10.1. The largest absolute Gasteiger partial charge is 0.247 e. The number of rotatable bonds is 4. The van der Waals surface area contributed by atoms with E-state index in [2.05, 4.69) is 146 Å². The molecule has 0 N–H and O–H groups in total. The first kappa shape index (κ1) is 29.5. The molecule has 0 saturated heterocycles. The van der Waals surface area contributed by atoms with Gasteiger partial charge in [0.15, 0.2) is 5.82 Å². The summed E-state index contributed by atoms with van der Waals surface area (Å²) in [6.45, 7) is 0. The van der Waals surface area contributed by atoms with Gasteiger partial charge in [-0.2, -0.15) is 0 Å². The van der Waals surface area contributed by atoms with Gasteiger partial charge in [-0.15, -0.1) is 22.7 Å². The average Bonchev–Trinajstić information content (AvgIpc) is 3.79. The van der Waals surface area contributed by atoms with E-state index in [1.165, 1.54) is 45.7 Å². The topological polar surface area (TPSA) is 38.7 Å². The minimum absolute atomic E-state index is 0.707. The molecular formula is C47H27N3S2. The van der Waals surface area contributed by atoms with Crippen LogP contribution in [0.1, 0.15) is 0 Å². The number of pyridine rings is 1. The molecule has 0 unspecified atom stereocenters. The molecule has 0 aliphatic rings. The molecule has 11 aromatic rings. The van der Waals surface area contributed by atoms with Crippen LogP contribution in [0.15, 0.2) is 164 Å². The molecule has 3 nitrogen and oxygen atoms in total. The Kier molecular flexibility index (Phi) is 6.59. The van der Waals surface area contributed by atoms with Crippen molar-refractivity contribution in [3.63, 3.8) is 0 Å². The molecule has 0 atom stereocenters. The Bertz CT molecular complexity index is 3180. The normalized spacial score (nSPS) is 11.8. The van der Waals surface area contributed by atoms with Gasteiger partial charge in [0.05, 0.1) is 22.6 Å². The highest BCUT2D eigenvalue weighted by Crippen LogP contribution is 2.45. The molecule has 0 aliphatic carbocycles.